The molecule has 1 saturated carbocycles. The fourth-order valence-electron chi connectivity index (χ4n) is 3.10. The first-order chi connectivity index (χ1) is 11.5. The van der Waals surface area contributed by atoms with E-state index in [0.717, 1.165) is 19.3 Å². The molecule has 0 radical (unpaired) electrons. The van der Waals surface area contributed by atoms with Gasteiger partial charge in [-0.25, -0.2) is 4.79 Å². The molecule has 0 saturated heterocycles. The van der Waals surface area contributed by atoms with E-state index in [1.165, 1.54) is 11.3 Å². The number of para-hydroxylation sites is 1. The van der Waals surface area contributed by atoms with E-state index in [1.807, 2.05) is 0 Å². The van der Waals surface area contributed by atoms with Gasteiger partial charge in [-0.3, -0.25) is 4.79 Å². The number of ether oxygens (including phenoxy) is 2. The molecule has 1 aliphatic carbocycles. The van der Waals surface area contributed by atoms with Gasteiger partial charge in [0.2, 0.25) is 0 Å². The molecule has 5 heteroatoms. The van der Waals surface area contributed by atoms with Crippen molar-refractivity contribution in [2.24, 2.45) is 5.92 Å². The average Bonchev–Trinajstić information content (AvgIpc) is 2.59. The van der Waals surface area contributed by atoms with Crippen LogP contribution in [0.4, 0.5) is 5.69 Å². The molecule has 0 N–H and O–H groups in total. The molecule has 5 nitrogen and oxygen atoms in total. The second-order valence-electron chi connectivity index (χ2n) is 6.40. The first kappa shape index (κ1) is 18.5. The predicted octanol–water partition coefficient (Wildman–Crippen LogP) is 3.42. The Morgan fingerprint density at radius 3 is 2.71 bits per heavy atom. The summed E-state index contributed by atoms with van der Waals surface area (Å²) in [4.78, 5) is 26.0. The van der Waals surface area contributed by atoms with Crippen molar-refractivity contribution in [2.45, 2.75) is 45.6 Å². The zero-order valence-electron chi connectivity index (χ0n) is 14.8. The highest BCUT2D eigenvalue weighted by Crippen LogP contribution is 2.26. The number of carbonyl (C=O) groups excluding carboxylic acids is 2. The molecule has 1 aromatic rings. The van der Waals surface area contributed by atoms with E-state index in [2.05, 4.69) is 6.92 Å². The van der Waals surface area contributed by atoms with Crippen molar-refractivity contribution in [1.82, 2.24) is 0 Å². The van der Waals surface area contributed by atoms with E-state index in [-0.39, 0.29) is 18.6 Å². The quantitative estimate of drug-likeness (QED) is 0.749. The van der Waals surface area contributed by atoms with Crippen LogP contribution in [-0.4, -0.2) is 38.2 Å². The lowest BCUT2D eigenvalue weighted by molar-refractivity contribution is -0.125. The SMILES string of the molecule is CCOC(=O)c1ccccc1N(C)C(=O)COC1CCCC(C)C1. The van der Waals surface area contributed by atoms with Gasteiger partial charge in [-0.05, 0) is 37.8 Å². The molecule has 132 valence electrons. The van der Waals surface area contributed by atoms with Gasteiger partial charge < -0.3 is 14.4 Å². The van der Waals surface area contributed by atoms with Gasteiger partial charge >= 0.3 is 5.97 Å². The summed E-state index contributed by atoms with van der Waals surface area (Å²) in [6, 6.07) is 6.97. The van der Waals surface area contributed by atoms with Crippen molar-refractivity contribution in [3.8, 4) is 0 Å². The number of esters is 1. The fourth-order valence-corrected chi connectivity index (χ4v) is 3.10. The Morgan fingerprint density at radius 2 is 2.00 bits per heavy atom. The molecule has 1 aliphatic rings. The highest BCUT2D eigenvalue weighted by molar-refractivity contribution is 6.02. The molecule has 0 bridgehead atoms. The zero-order valence-corrected chi connectivity index (χ0v) is 14.8. The van der Waals surface area contributed by atoms with Gasteiger partial charge in [0.25, 0.3) is 5.91 Å². The first-order valence-electron chi connectivity index (χ1n) is 8.67. The number of hydrogen-bond acceptors (Lipinski definition) is 4. The van der Waals surface area contributed by atoms with Crippen LogP contribution < -0.4 is 4.90 Å². The van der Waals surface area contributed by atoms with Crippen molar-refractivity contribution < 1.29 is 19.1 Å². The zero-order chi connectivity index (χ0) is 17.5. The standard InChI is InChI=1S/C19H27NO4/c1-4-23-19(22)16-10-5-6-11-17(16)20(3)18(21)13-24-15-9-7-8-14(2)12-15/h5-6,10-11,14-15H,4,7-9,12-13H2,1-3H3. The maximum Gasteiger partial charge on any atom is 0.340 e. The smallest absolute Gasteiger partial charge is 0.340 e. The third-order valence-corrected chi connectivity index (χ3v) is 4.47. The van der Waals surface area contributed by atoms with Crippen LogP contribution in [0.5, 0.6) is 0 Å². The van der Waals surface area contributed by atoms with Gasteiger partial charge in [-0.1, -0.05) is 31.9 Å². The van der Waals surface area contributed by atoms with Gasteiger partial charge in [-0.15, -0.1) is 0 Å². The lowest BCUT2D eigenvalue weighted by atomic mass is 9.89. The molecule has 0 aromatic heterocycles. The largest absolute Gasteiger partial charge is 0.462 e. The van der Waals surface area contributed by atoms with Gasteiger partial charge in [0.05, 0.1) is 24.0 Å². The summed E-state index contributed by atoms with van der Waals surface area (Å²) in [7, 11) is 1.66. The fraction of sp³-hybridized carbons (Fsp3) is 0.579. The van der Waals surface area contributed by atoms with E-state index in [1.54, 1.807) is 38.2 Å². The predicted molar refractivity (Wildman–Crippen MR) is 93.2 cm³/mol. The van der Waals surface area contributed by atoms with Crippen LogP contribution >= 0.6 is 0 Å². The minimum absolute atomic E-state index is 0.0328. The summed E-state index contributed by atoms with van der Waals surface area (Å²) >= 11 is 0. The molecule has 0 heterocycles. The number of carbonyl (C=O) groups is 2. The van der Waals surface area contributed by atoms with Crippen molar-refractivity contribution >= 4 is 17.6 Å². The Morgan fingerprint density at radius 1 is 1.25 bits per heavy atom. The molecule has 2 rings (SSSR count). The number of nitrogens with zero attached hydrogens (tertiary/aromatic N) is 1. The van der Waals surface area contributed by atoms with Gasteiger partial charge in [0, 0.05) is 7.05 Å². The Labute approximate surface area is 143 Å². The summed E-state index contributed by atoms with van der Waals surface area (Å²) in [6.07, 6.45) is 4.57. The number of likely N-dealkylation sites (N-methyl/N-ethyl adjacent to an activating group) is 1. The second-order valence-corrected chi connectivity index (χ2v) is 6.40. The number of hydrogen-bond donors (Lipinski definition) is 0. The topological polar surface area (TPSA) is 55.8 Å². The van der Waals surface area contributed by atoms with Crippen molar-refractivity contribution in [3.63, 3.8) is 0 Å². The van der Waals surface area contributed by atoms with Crippen molar-refractivity contribution in [3.05, 3.63) is 29.8 Å². The van der Waals surface area contributed by atoms with Gasteiger partial charge in [0.15, 0.2) is 0 Å². The summed E-state index contributed by atoms with van der Waals surface area (Å²) < 4.78 is 10.9. The Hall–Kier alpha value is -1.88. The lowest BCUT2D eigenvalue weighted by Gasteiger charge is -2.27. The van der Waals surface area contributed by atoms with Crippen LogP contribution in [0.1, 0.15) is 49.9 Å². The third-order valence-electron chi connectivity index (χ3n) is 4.47. The third kappa shape index (κ3) is 4.81. The number of anilines is 1. The van der Waals surface area contributed by atoms with Gasteiger partial charge in [-0.2, -0.15) is 0 Å². The van der Waals surface area contributed by atoms with Crippen molar-refractivity contribution in [1.29, 1.82) is 0 Å². The van der Waals surface area contributed by atoms with Gasteiger partial charge in [0.1, 0.15) is 6.61 Å². The maximum atomic E-state index is 12.4. The summed E-state index contributed by atoms with van der Waals surface area (Å²) in [6.45, 7) is 4.31. The molecule has 0 spiro atoms. The minimum Gasteiger partial charge on any atom is -0.462 e. The molecule has 0 aliphatic heterocycles. The number of benzene rings is 1. The van der Waals surface area contributed by atoms with Crippen LogP contribution in [0.15, 0.2) is 24.3 Å². The van der Waals surface area contributed by atoms with E-state index in [0.29, 0.717) is 23.8 Å². The van der Waals surface area contributed by atoms with Crippen LogP contribution in [0, 0.1) is 5.92 Å². The Kier molecular flexibility index (Phi) is 6.79. The molecule has 2 unspecified atom stereocenters. The first-order valence-corrected chi connectivity index (χ1v) is 8.67. The number of rotatable bonds is 6. The minimum atomic E-state index is -0.422. The Bertz CT molecular complexity index is 572. The molecule has 1 fully saturated rings. The summed E-state index contributed by atoms with van der Waals surface area (Å²) in [5, 5.41) is 0. The number of amides is 1. The summed E-state index contributed by atoms with van der Waals surface area (Å²) in [5.41, 5.74) is 0.933. The van der Waals surface area contributed by atoms with E-state index < -0.39 is 5.97 Å². The maximum absolute atomic E-state index is 12.4. The molecular weight excluding hydrogens is 306 g/mol. The van der Waals surface area contributed by atoms with Crippen LogP contribution in [0.2, 0.25) is 0 Å². The highest BCUT2D eigenvalue weighted by Gasteiger charge is 2.23. The monoisotopic (exact) mass is 333 g/mol. The molecule has 24 heavy (non-hydrogen) atoms. The molecule has 2 atom stereocenters. The van der Waals surface area contributed by atoms with Crippen LogP contribution in [0.25, 0.3) is 0 Å². The normalized spacial score (nSPS) is 20.5. The van der Waals surface area contributed by atoms with Crippen LogP contribution in [-0.2, 0) is 14.3 Å². The van der Waals surface area contributed by atoms with Crippen LogP contribution in [0.3, 0.4) is 0 Å². The Balaban J connectivity index is 1.99. The lowest BCUT2D eigenvalue weighted by Crippen LogP contribution is -2.34. The summed E-state index contributed by atoms with van der Waals surface area (Å²) in [5.74, 6) is 0.0703. The van der Waals surface area contributed by atoms with E-state index >= 15 is 0 Å². The van der Waals surface area contributed by atoms with E-state index in [4.69, 9.17) is 9.47 Å². The average molecular weight is 333 g/mol. The van der Waals surface area contributed by atoms with Crippen molar-refractivity contribution in [2.75, 3.05) is 25.2 Å². The molecule has 1 aromatic carbocycles. The second kappa shape index (κ2) is 8.83. The van der Waals surface area contributed by atoms with E-state index in [9.17, 15) is 9.59 Å². The molecular formula is C19H27NO4. The molecule has 1 amide bonds. The highest BCUT2D eigenvalue weighted by atomic mass is 16.5.